The monoisotopic (exact) mass is 589 g/mol. The van der Waals surface area contributed by atoms with Crippen molar-refractivity contribution in [2.24, 2.45) is 17.8 Å². The van der Waals surface area contributed by atoms with Crippen molar-refractivity contribution >= 4 is 56.9 Å². The fourth-order valence-electron chi connectivity index (χ4n) is 6.00. The quantitative estimate of drug-likeness (QED) is 0.303. The molecule has 3 aliphatic carbocycles. The van der Waals surface area contributed by atoms with E-state index >= 15 is 0 Å². The average molecular weight is 591 g/mol. The minimum atomic E-state index is -1.12. The van der Waals surface area contributed by atoms with Gasteiger partial charge in [-0.05, 0) is 52.4 Å². The topological polar surface area (TPSA) is 138 Å². The van der Waals surface area contributed by atoms with Crippen LogP contribution in [-0.4, -0.2) is 58.1 Å². The summed E-state index contributed by atoms with van der Waals surface area (Å²) in [4.78, 5) is 65.1. The predicted molar refractivity (Wildman–Crippen MR) is 133 cm³/mol. The first-order chi connectivity index (χ1) is 17.5. The number of methoxy groups -OCH3 is 1. The Bertz CT molecular complexity index is 1390. The first-order valence-electron chi connectivity index (χ1n) is 11.6. The molecule has 192 valence electrons. The lowest BCUT2D eigenvalue weighted by Gasteiger charge is -2.42. The number of nitrogens with zero attached hydrogens (tertiary/aromatic N) is 1. The summed E-state index contributed by atoms with van der Waals surface area (Å²) >= 11 is 9.44. The van der Waals surface area contributed by atoms with Gasteiger partial charge in [0.15, 0.2) is 23.1 Å². The lowest BCUT2D eigenvalue weighted by molar-refractivity contribution is -0.142. The second-order valence-electron chi connectivity index (χ2n) is 9.42. The van der Waals surface area contributed by atoms with E-state index < -0.39 is 41.5 Å². The number of amides is 2. The molecule has 4 atom stereocenters. The maximum atomic E-state index is 13.5. The van der Waals surface area contributed by atoms with E-state index in [0.717, 1.165) is 4.90 Å². The van der Waals surface area contributed by atoms with Crippen LogP contribution in [0.15, 0.2) is 45.5 Å². The van der Waals surface area contributed by atoms with Gasteiger partial charge in [-0.25, -0.2) is 0 Å². The molecule has 9 nitrogen and oxygen atoms in total. The number of ether oxygens (including phenoxy) is 1. The number of fused-ring (bicyclic) bond motifs is 3. The third kappa shape index (κ3) is 3.93. The number of ketones is 2. The van der Waals surface area contributed by atoms with Gasteiger partial charge in [-0.15, -0.1) is 0 Å². The lowest BCUT2D eigenvalue weighted by atomic mass is 9.59. The largest absolute Gasteiger partial charge is 0.503 e. The Hall–Kier alpha value is -3.24. The number of benzene rings is 1. The summed E-state index contributed by atoms with van der Waals surface area (Å²) in [5, 5.41) is 19.3. The summed E-state index contributed by atoms with van der Waals surface area (Å²) in [5.74, 6) is -5.75. The number of likely N-dealkylation sites (tertiary alicyclic amines) is 1. The van der Waals surface area contributed by atoms with Crippen molar-refractivity contribution < 1.29 is 38.9 Å². The SMILES string of the molecule is COc1cc(C2C3=CCC4C(=O)N(CCC(=O)O)C(=O)C4C3CC3=C2C(=O)C=C(Br)C3=O)cc(Cl)c1O. The predicted octanol–water partition coefficient (Wildman–Crippen LogP) is 3.29. The minimum absolute atomic E-state index is 0.00816. The van der Waals surface area contributed by atoms with Gasteiger partial charge in [0.2, 0.25) is 11.8 Å². The molecular weight excluding hydrogens is 570 g/mol. The van der Waals surface area contributed by atoms with Crippen LogP contribution in [0.2, 0.25) is 5.02 Å². The van der Waals surface area contributed by atoms with Crippen LogP contribution in [0.4, 0.5) is 0 Å². The first kappa shape index (κ1) is 25.4. The number of hydrogen-bond donors (Lipinski definition) is 2. The van der Waals surface area contributed by atoms with Crippen molar-refractivity contribution in [2.45, 2.75) is 25.2 Å². The molecule has 1 fully saturated rings. The zero-order valence-corrected chi connectivity index (χ0v) is 21.8. The van der Waals surface area contributed by atoms with Crippen molar-refractivity contribution in [3.63, 3.8) is 0 Å². The van der Waals surface area contributed by atoms with Crippen LogP contribution in [0.25, 0.3) is 0 Å². The maximum absolute atomic E-state index is 13.5. The highest BCUT2D eigenvalue weighted by molar-refractivity contribution is 9.12. The van der Waals surface area contributed by atoms with E-state index in [1.165, 1.54) is 25.3 Å². The molecule has 0 saturated carbocycles. The van der Waals surface area contributed by atoms with Crippen molar-refractivity contribution in [2.75, 3.05) is 13.7 Å². The third-order valence-corrected chi connectivity index (χ3v) is 8.45. The molecule has 37 heavy (non-hydrogen) atoms. The number of hydrogen-bond acceptors (Lipinski definition) is 7. The standard InChI is InChI=1S/C26H21BrClNO8/c1-37-18-7-10(6-16(28)24(18)34)20-11-2-3-12-21(26(36)29(25(12)35)5-4-19(31)32)13(11)8-14-22(20)17(30)9-15(27)23(14)33/h2,6-7,9,12-13,20-21,34H,3-5,8H2,1H3,(H,31,32). The molecule has 1 saturated heterocycles. The number of allylic oxidation sites excluding steroid dienone is 6. The fraction of sp³-hybridized carbons (Fsp3) is 0.346. The number of imide groups is 1. The number of carbonyl (C=O) groups excluding carboxylic acids is 4. The summed E-state index contributed by atoms with van der Waals surface area (Å²) in [7, 11) is 1.36. The molecule has 2 amide bonds. The summed E-state index contributed by atoms with van der Waals surface area (Å²) in [6.45, 7) is -0.226. The first-order valence-corrected chi connectivity index (χ1v) is 12.7. The smallest absolute Gasteiger partial charge is 0.305 e. The number of Topliss-reactive ketones (excluding diaryl/α,β-unsaturated/α-hetero) is 1. The summed E-state index contributed by atoms with van der Waals surface area (Å²) < 4.78 is 5.37. The Balaban J connectivity index is 1.65. The molecule has 1 heterocycles. The van der Waals surface area contributed by atoms with Crippen LogP contribution in [0.3, 0.4) is 0 Å². The molecule has 0 radical (unpaired) electrons. The van der Waals surface area contributed by atoms with Gasteiger partial charge in [0.05, 0.1) is 34.9 Å². The Labute approximate surface area is 224 Å². The average Bonchev–Trinajstić information content (AvgIpc) is 3.10. The number of aliphatic carboxylic acids is 1. The summed E-state index contributed by atoms with van der Waals surface area (Å²) in [5.41, 5.74) is 1.71. The van der Waals surface area contributed by atoms with Gasteiger partial charge in [0, 0.05) is 29.7 Å². The van der Waals surface area contributed by atoms with Gasteiger partial charge >= 0.3 is 5.97 Å². The molecule has 1 aromatic carbocycles. The van der Waals surface area contributed by atoms with Crippen molar-refractivity contribution in [1.29, 1.82) is 0 Å². The highest BCUT2D eigenvalue weighted by Gasteiger charge is 2.56. The van der Waals surface area contributed by atoms with E-state index in [2.05, 4.69) is 15.9 Å². The molecule has 11 heteroatoms. The number of rotatable bonds is 5. The van der Waals surface area contributed by atoms with E-state index in [1.54, 1.807) is 0 Å². The Kier molecular flexibility index (Phi) is 6.35. The Morgan fingerprint density at radius 1 is 1.19 bits per heavy atom. The number of carboxylic acid groups (broad SMARTS) is 1. The van der Waals surface area contributed by atoms with Gasteiger partial charge in [-0.2, -0.15) is 0 Å². The normalized spacial score (nSPS) is 26.9. The maximum Gasteiger partial charge on any atom is 0.305 e. The van der Waals surface area contributed by atoms with Crippen LogP contribution in [0.1, 0.15) is 30.7 Å². The fourth-order valence-corrected chi connectivity index (χ4v) is 6.66. The number of carboxylic acids is 1. The molecule has 4 aliphatic rings. The van der Waals surface area contributed by atoms with Gasteiger partial charge in [0.1, 0.15) is 0 Å². The third-order valence-electron chi connectivity index (χ3n) is 7.58. The van der Waals surface area contributed by atoms with Crippen molar-refractivity contribution in [3.8, 4) is 11.5 Å². The van der Waals surface area contributed by atoms with E-state index in [4.69, 9.17) is 21.4 Å². The molecule has 5 rings (SSSR count). The van der Waals surface area contributed by atoms with E-state index in [0.29, 0.717) is 11.1 Å². The van der Waals surface area contributed by atoms with Crippen molar-refractivity contribution in [3.05, 3.63) is 56.1 Å². The van der Waals surface area contributed by atoms with Gasteiger partial charge in [0.25, 0.3) is 0 Å². The van der Waals surface area contributed by atoms with Crippen LogP contribution in [-0.2, 0) is 24.0 Å². The van der Waals surface area contributed by atoms with Gasteiger partial charge in [-0.3, -0.25) is 28.9 Å². The number of aromatic hydroxyl groups is 1. The molecule has 1 aliphatic heterocycles. The van der Waals surface area contributed by atoms with E-state index in [-0.39, 0.29) is 69.5 Å². The molecular formula is C26H21BrClNO8. The zero-order chi connectivity index (χ0) is 26.8. The molecule has 2 N–H and O–H groups in total. The number of phenols is 1. The Morgan fingerprint density at radius 3 is 2.59 bits per heavy atom. The second kappa shape index (κ2) is 9.25. The number of phenolic OH excluding ortho intramolecular Hbond substituents is 1. The highest BCUT2D eigenvalue weighted by atomic mass is 79.9. The highest BCUT2D eigenvalue weighted by Crippen LogP contribution is 2.56. The molecule has 0 bridgehead atoms. The molecule has 0 spiro atoms. The Morgan fingerprint density at radius 2 is 1.92 bits per heavy atom. The molecule has 0 aromatic heterocycles. The van der Waals surface area contributed by atoms with E-state index in [1.807, 2.05) is 6.08 Å². The minimum Gasteiger partial charge on any atom is -0.503 e. The van der Waals surface area contributed by atoms with Crippen molar-refractivity contribution in [1.82, 2.24) is 4.90 Å². The number of halogens is 2. The van der Waals surface area contributed by atoms with Crippen LogP contribution in [0.5, 0.6) is 11.5 Å². The molecule has 4 unspecified atom stereocenters. The van der Waals surface area contributed by atoms with Crippen LogP contribution >= 0.6 is 27.5 Å². The summed E-state index contributed by atoms with van der Waals surface area (Å²) in [6, 6.07) is 3.04. The van der Waals surface area contributed by atoms with Crippen LogP contribution in [0, 0.1) is 17.8 Å². The summed E-state index contributed by atoms with van der Waals surface area (Å²) in [6.07, 6.45) is 3.01. The van der Waals surface area contributed by atoms with Gasteiger partial charge in [-0.1, -0.05) is 23.3 Å². The second-order valence-corrected chi connectivity index (χ2v) is 10.7. The van der Waals surface area contributed by atoms with Crippen LogP contribution < -0.4 is 4.74 Å². The van der Waals surface area contributed by atoms with Gasteiger partial charge < -0.3 is 14.9 Å². The molecule has 1 aromatic rings. The zero-order valence-electron chi connectivity index (χ0n) is 19.5. The number of carbonyl (C=O) groups is 5. The lowest BCUT2D eigenvalue weighted by Crippen LogP contribution is -2.39. The van der Waals surface area contributed by atoms with E-state index in [9.17, 15) is 29.1 Å².